The molecule has 5 heteroatoms. The van der Waals surface area contributed by atoms with E-state index in [0.29, 0.717) is 5.92 Å². The number of nitrogens with zero attached hydrogens (tertiary/aromatic N) is 2. The Kier molecular flexibility index (Phi) is 4.82. The highest BCUT2D eigenvalue weighted by Crippen LogP contribution is 2.43. The van der Waals surface area contributed by atoms with Gasteiger partial charge in [-0.15, -0.1) is 0 Å². The SMILES string of the molecule is N#CC1CC(C2c3ccc(Cl)cc3CCc3cc(Br)cnc32)CCN1. The fourth-order valence-corrected chi connectivity index (χ4v) is 4.88. The topological polar surface area (TPSA) is 48.7 Å². The minimum absolute atomic E-state index is 0.0725. The Bertz CT molecular complexity index is 792. The van der Waals surface area contributed by atoms with Gasteiger partial charge < -0.3 is 5.32 Å². The Balaban J connectivity index is 1.84. The number of nitrogens with one attached hydrogen (secondary N) is 1. The molecule has 1 aromatic heterocycles. The van der Waals surface area contributed by atoms with Crippen molar-refractivity contribution in [1.82, 2.24) is 10.3 Å². The lowest BCUT2D eigenvalue weighted by Gasteiger charge is -2.34. The number of rotatable bonds is 1. The summed E-state index contributed by atoms with van der Waals surface area (Å²) in [6.45, 7) is 0.883. The quantitative estimate of drug-likeness (QED) is 0.738. The molecule has 0 spiro atoms. The number of nitriles is 1. The van der Waals surface area contributed by atoms with E-state index in [-0.39, 0.29) is 12.0 Å². The number of fused-ring (bicyclic) bond motifs is 2. The lowest BCUT2D eigenvalue weighted by molar-refractivity contribution is 0.307. The van der Waals surface area contributed by atoms with Gasteiger partial charge in [0.15, 0.2) is 0 Å². The number of hydrogen-bond acceptors (Lipinski definition) is 3. The summed E-state index contributed by atoms with van der Waals surface area (Å²) >= 11 is 9.83. The summed E-state index contributed by atoms with van der Waals surface area (Å²) in [5, 5.41) is 13.5. The standard InChI is InChI=1S/C20H19BrClN3/c21-15-7-14-2-1-12-8-16(22)3-4-18(12)19(20(14)25-11-15)13-5-6-24-17(9-13)10-23/h3-4,7-8,11,13,17,19,24H,1-2,5-6,9H2. The zero-order valence-electron chi connectivity index (χ0n) is 13.8. The van der Waals surface area contributed by atoms with Crippen molar-refractivity contribution in [2.75, 3.05) is 6.54 Å². The average Bonchev–Trinajstić information content (AvgIpc) is 2.78. The molecule has 1 aromatic carbocycles. The predicted octanol–water partition coefficient (Wildman–Crippen LogP) is 4.62. The van der Waals surface area contributed by atoms with E-state index in [1.807, 2.05) is 12.3 Å². The van der Waals surface area contributed by atoms with Crippen molar-refractivity contribution in [3.63, 3.8) is 0 Å². The van der Waals surface area contributed by atoms with Crippen molar-refractivity contribution in [2.24, 2.45) is 5.92 Å². The first kappa shape index (κ1) is 17.0. The van der Waals surface area contributed by atoms with E-state index >= 15 is 0 Å². The van der Waals surface area contributed by atoms with Gasteiger partial charge in [-0.25, -0.2) is 0 Å². The van der Waals surface area contributed by atoms with E-state index in [0.717, 1.165) is 41.7 Å². The zero-order chi connectivity index (χ0) is 17.4. The van der Waals surface area contributed by atoms with Crippen LogP contribution in [0.1, 0.15) is 41.1 Å². The van der Waals surface area contributed by atoms with Gasteiger partial charge in [0.1, 0.15) is 0 Å². The van der Waals surface area contributed by atoms with Crippen LogP contribution in [0.15, 0.2) is 34.9 Å². The van der Waals surface area contributed by atoms with Gasteiger partial charge in [0.2, 0.25) is 0 Å². The van der Waals surface area contributed by atoms with Crippen LogP contribution in [0.5, 0.6) is 0 Å². The summed E-state index contributed by atoms with van der Waals surface area (Å²) in [4.78, 5) is 4.82. The molecule has 1 N–H and O–H groups in total. The average molecular weight is 417 g/mol. The molecule has 2 aliphatic rings. The summed E-state index contributed by atoms with van der Waals surface area (Å²) in [5.41, 5.74) is 5.13. The van der Waals surface area contributed by atoms with E-state index in [1.165, 1.54) is 22.4 Å². The lowest BCUT2D eigenvalue weighted by Crippen LogP contribution is -2.39. The number of aryl methyl sites for hydroxylation is 2. The molecule has 1 aliphatic heterocycles. The number of benzene rings is 1. The van der Waals surface area contributed by atoms with Crippen LogP contribution in [0.4, 0.5) is 0 Å². The van der Waals surface area contributed by atoms with Gasteiger partial charge in [-0.1, -0.05) is 17.7 Å². The third-order valence-corrected chi connectivity index (χ3v) is 6.11. The molecular formula is C20H19BrClN3. The monoisotopic (exact) mass is 415 g/mol. The van der Waals surface area contributed by atoms with Crippen molar-refractivity contribution in [3.8, 4) is 6.07 Å². The van der Waals surface area contributed by atoms with Crippen LogP contribution < -0.4 is 5.32 Å². The largest absolute Gasteiger partial charge is 0.302 e. The molecule has 4 rings (SSSR count). The fourth-order valence-electron chi connectivity index (χ4n) is 4.31. The van der Waals surface area contributed by atoms with Gasteiger partial charge in [0.25, 0.3) is 0 Å². The number of piperidine rings is 1. The van der Waals surface area contributed by atoms with Crippen LogP contribution in [0.3, 0.4) is 0 Å². The molecule has 0 bridgehead atoms. The molecule has 25 heavy (non-hydrogen) atoms. The van der Waals surface area contributed by atoms with Gasteiger partial charge in [-0.2, -0.15) is 5.26 Å². The van der Waals surface area contributed by atoms with Crippen LogP contribution in [-0.2, 0) is 12.8 Å². The van der Waals surface area contributed by atoms with Crippen molar-refractivity contribution >= 4 is 27.5 Å². The Hall–Kier alpha value is -1.41. The van der Waals surface area contributed by atoms with Gasteiger partial charge in [-0.3, -0.25) is 4.98 Å². The predicted molar refractivity (Wildman–Crippen MR) is 103 cm³/mol. The van der Waals surface area contributed by atoms with Crippen molar-refractivity contribution < 1.29 is 0 Å². The normalized spacial score (nSPS) is 25.4. The molecule has 1 saturated heterocycles. The molecule has 1 fully saturated rings. The molecular weight excluding hydrogens is 398 g/mol. The number of aromatic nitrogens is 1. The number of pyridine rings is 1. The van der Waals surface area contributed by atoms with E-state index in [1.54, 1.807) is 0 Å². The van der Waals surface area contributed by atoms with Gasteiger partial charge in [-0.05, 0) is 89.0 Å². The van der Waals surface area contributed by atoms with Crippen LogP contribution in [0.25, 0.3) is 0 Å². The molecule has 3 unspecified atom stereocenters. The second-order valence-electron chi connectivity index (χ2n) is 6.94. The fraction of sp³-hybridized carbons (Fsp3) is 0.400. The Labute approximate surface area is 161 Å². The summed E-state index contributed by atoms with van der Waals surface area (Å²) < 4.78 is 1.02. The maximum atomic E-state index is 9.37. The van der Waals surface area contributed by atoms with Crippen LogP contribution in [0.2, 0.25) is 5.02 Å². The summed E-state index contributed by atoms with van der Waals surface area (Å²) in [6.07, 6.45) is 5.76. The van der Waals surface area contributed by atoms with E-state index in [4.69, 9.17) is 16.6 Å². The van der Waals surface area contributed by atoms with Gasteiger partial charge >= 0.3 is 0 Å². The minimum atomic E-state index is -0.0725. The molecule has 1 aliphatic carbocycles. The minimum Gasteiger partial charge on any atom is -0.302 e. The first-order valence-corrected chi connectivity index (χ1v) is 9.88. The second-order valence-corrected chi connectivity index (χ2v) is 8.29. The van der Waals surface area contributed by atoms with Crippen LogP contribution in [-0.4, -0.2) is 17.6 Å². The maximum Gasteiger partial charge on any atom is 0.0956 e. The van der Waals surface area contributed by atoms with E-state index in [2.05, 4.69) is 45.5 Å². The highest BCUT2D eigenvalue weighted by Gasteiger charge is 2.35. The van der Waals surface area contributed by atoms with Crippen molar-refractivity contribution in [2.45, 2.75) is 37.6 Å². The Morgan fingerprint density at radius 2 is 2.08 bits per heavy atom. The van der Waals surface area contributed by atoms with Gasteiger partial charge in [0.05, 0.1) is 17.8 Å². The summed E-state index contributed by atoms with van der Waals surface area (Å²) in [5.74, 6) is 0.646. The van der Waals surface area contributed by atoms with Crippen LogP contribution in [0, 0.1) is 17.2 Å². The second kappa shape index (κ2) is 7.07. The zero-order valence-corrected chi connectivity index (χ0v) is 16.1. The number of hydrogen-bond donors (Lipinski definition) is 1. The van der Waals surface area contributed by atoms with Gasteiger partial charge in [0, 0.05) is 21.6 Å². The molecule has 2 heterocycles. The smallest absolute Gasteiger partial charge is 0.0956 e. The molecule has 3 nitrogen and oxygen atoms in total. The Morgan fingerprint density at radius 1 is 1.24 bits per heavy atom. The summed E-state index contributed by atoms with van der Waals surface area (Å²) in [6, 6.07) is 10.8. The highest BCUT2D eigenvalue weighted by molar-refractivity contribution is 9.10. The third kappa shape index (κ3) is 3.33. The number of halogens is 2. The maximum absolute atomic E-state index is 9.37. The van der Waals surface area contributed by atoms with E-state index in [9.17, 15) is 5.26 Å². The molecule has 128 valence electrons. The molecule has 3 atom stereocenters. The molecule has 0 radical (unpaired) electrons. The highest BCUT2D eigenvalue weighted by atomic mass is 79.9. The molecule has 0 amide bonds. The Morgan fingerprint density at radius 3 is 2.92 bits per heavy atom. The molecule has 2 aromatic rings. The van der Waals surface area contributed by atoms with Crippen LogP contribution >= 0.6 is 27.5 Å². The van der Waals surface area contributed by atoms with E-state index < -0.39 is 0 Å². The van der Waals surface area contributed by atoms with Crippen molar-refractivity contribution in [3.05, 3.63) is 62.3 Å². The third-order valence-electron chi connectivity index (χ3n) is 5.44. The first-order chi connectivity index (χ1) is 12.2. The van der Waals surface area contributed by atoms with Crippen molar-refractivity contribution in [1.29, 1.82) is 5.26 Å². The first-order valence-electron chi connectivity index (χ1n) is 8.71. The molecule has 0 saturated carbocycles. The lowest BCUT2D eigenvalue weighted by atomic mass is 9.75. The summed E-state index contributed by atoms with van der Waals surface area (Å²) in [7, 11) is 0.